The molecular formula is C14H15ClN4. The summed E-state index contributed by atoms with van der Waals surface area (Å²) in [6.45, 7) is 3.75. The molecule has 0 N–H and O–H groups in total. The zero-order valence-electron chi connectivity index (χ0n) is 10.8. The molecule has 0 spiro atoms. The molecule has 5 heteroatoms. The monoisotopic (exact) mass is 274 g/mol. The SMILES string of the molecule is CCCn1ncnc1Cn1ccc2c(Cl)cccc21. The van der Waals surface area contributed by atoms with Gasteiger partial charge in [0.2, 0.25) is 0 Å². The van der Waals surface area contributed by atoms with Crippen LogP contribution in [0.2, 0.25) is 5.02 Å². The van der Waals surface area contributed by atoms with E-state index in [1.165, 1.54) is 0 Å². The normalized spacial score (nSPS) is 11.3. The molecule has 3 aromatic rings. The first-order valence-corrected chi connectivity index (χ1v) is 6.77. The van der Waals surface area contributed by atoms with Gasteiger partial charge in [0.1, 0.15) is 12.2 Å². The molecule has 1 aromatic carbocycles. The number of hydrogen-bond donors (Lipinski definition) is 0. The van der Waals surface area contributed by atoms with E-state index >= 15 is 0 Å². The van der Waals surface area contributed by atoms with Crippen LogP contribution in [-0.4, -0.2) is 19.3 Å². The van der Waals surface area contributed by atoms with E-state index in [4.69, 9.17) is 11.6 Å². The number of fused-ring (bicyclic) bond motifs is 1. The van der Waals surface area contributed by atoms with Gasteiger partial charge in [-0.1, -0.05) is 24.6 Å². The van der Waals surface area contributed by atoms with Crippen molar-refractivity contribution in [3.63, 3.8) is 0 Å². The summed E-state index contributed by atoms with van der Waals surface area (Å²) in [7, 11) is 0. The third kappa shape index (κ3) is 2.24. The average Bonchev–Trinajstić information content (AvgIpc) is 3.00. The van der Waals surface area contributed by atoms with Crippen molar-refractivity contribution in [2.45, 2.75) is 26.4 Å². The Morgan fingerprint density at radius 3 is 3.00 bits per heavy atom. The Kier molecular flexibility index (Phi) is 3.25. The van der Waals surface area contributed by atoms with Crippen LogP contribution in [-0.2, 0) is 13.1 Å². The topological polar surface area (TPSA) is 35.6 Å². The van der Waals surface area contributed by atoms with E-state index in [1.54, 1.807) is 6.33 Å². The van der Waals surface area contributed by atoms with Crippen molar-refractivity contribution in [3.8, 4) is 0 Å². The minimum atomic E-state index is 0.712. The van der Waals surface area contributed by atoms with Gasteiger partial charge < -0.3 is 4.57 Å². The summed E-state index contributed by atoms with van der Waals surface area (Å²) in [6.07, 6.45) is 4.71. The van der Waals surface area contributed by atoms with Crippen LogP contribution in [0.3, 0.4) is 0 Å². The number of hydrogen-bond acceptors (Lipinski definition) is 2. The van der Waals surface area contributed by atoms with E-state index in [-0.39, 0.29) is 0 Å². The summed E-state index contributed by atoms with van der Waals surface area (Å²) in [5.74, 6) is 0.972. The fourth-order valence-corrected chi connectivity index (χ4v) is 2.52. The summed E-state index contributed by atoms with van der Waals surface area (Å²) in [6, 6.07) is 7.99. The number of benzene rings is 1. The Balaban J connectivity index is 1.97. The summed E-state index contributed by atoms with van der Waals surface area (Å²) in [5, 5.41) is 6.11. The Labute approximate surface area is 116 Å². The first-order valence-electron chi connectivity index (χ1n) is 6.39. The average molecular weight is 275 g/mol. The van der Waals surface area contributed by atoms with E-state index in [9.17, 15) is 0 Å². The van der Waals surface area contributed by atoms with Crippen molar-refractivity contribution in [1.82, 2.24) is 19.3 Å². The van der Waals surface area contributed by atoms with E-state index < -0.39 is 0 Å². The van der Waals surface area contributed by atoms with Gasteiger partial charge in [-0.2, -0.15) is 5.10 Å². The zero-order valence-corrected chi connectivity index (χ0v) is 11.5. The predicted octanol–water partition coefficient (Wildman–Crippen LogP) is 3.34. The molecule has 0 amide bonds. The van der Waals surface area contributed by atoms with Gasteiger partial charge in [-0.25, -0.2) is 9.67 Å². The van der Waals surface area contributed by atoms with Crippen molar-refractivity contribution >= 4 is 22.5 Å². The van der Waals surface area contributed by atoms with Crippen molar-refractivity contribution in [1.29, 1.82) is 0 Å². The Morgan fingerprint density at radius 1 is 1.26 bits per heavy atom. The fraction of sp³-hybridized carbons (Fsp3) is 0.286. The maximum absolute atomic E-state index is 6.19. The van der Waals surface area contributed by atoms with Gasteiger partial charge in [-0.3, -0.25) is 0 Å². The maximum atomic E-state index is 6.19. The molecule has 98 valence electrons. The standard InChI is InChI=1S/C14H15ClN4/c1-2-7-19-14(16-10-17-19)9-18-8-6-11-12(15)4-3-5-13(11)18/h3-6,8,10H,2,7,9H2,1H3. The lowest BCUT2D eigenvalue weighted by molar-refractivity contribution is 0.557. The molecule has 0 radical (unpaired) electrons. The summed E-state index contributed by atoms with van der Waals surface area (Å²) in [5.41, 5.74) is 1.12. The third-order valence-corrected chi connectivity index (χ3v) is 3.53. The predicted molar refractivity (Wildman–Crippen MR) is 76.4 cm³/mol. The lowest BCUT2D eigenvalue weighted by atomic mass is 10.2. The summed E-state index contributed by atoms with van der Waals surface area (Å²) >= 11 is 6.19. The fourth-order valence-electron chi connectivity index (χ4n) is 2.29. The molecule has 0 fully saturated rings. The molecule has 3 rings (SSSR count). The molecule has 0 bridgehead atoms. The number of halogens is 1. The minimum Gasteiger partial charge on any atom is -0.340 e. The van der Waals surface area contributed by atoms with Gasteiger partial charge in [0, 0.05) is 28.7 Å². The number of nitrogens with zero attached hydrogens (tertiary/aromatic N) is 4. The Bertz CT molecular complexity index is 698. The highest BCUT2D eigenvalue weighted by Gasteiger charge is 2.08. The lowest BCUT2D eigenvalue weighted by Crippen LogP contribution is -2.09. The van der Waals surface area contributed by atoms with Crippen LogP contribution < -0.4 is 0 Å². The molecule has 0 aliphatic carbocycles. The first kappa shape index (κ1) is 12.2. The summed E-state index contributed by atoms with van der Waals surface area (Å²) < 4.78 is 4.10. The molecule has 0 saturated carbocycles. The number of aryl methyl sites for hydroxylation is 1. The quantitative estimate of drug-likeness (QED) is 0.731. The highest BCUT2D eigenvalue weighted by molar-refractivity contribution is 6.35. The van der Waals surface area contributed by atoms with Crippen LogP contribution in [0.25, 0.3) is 10.9 Å². The molecular weight excluding hydrogens is 260 g/mol. The van der Waals surface area contributed by atoms with Crippen LogP contribution >= 0.6 is 11.6 Å². The van der Waals surface area contributed by atoms with Crippen molar-refractivity contribution in [2.24, 2.45) is 0 Å². The van der Waals surface area contributed by atoms with Crippen LogP contribution in [0.5, 0.6) is 0 Å². The summed E-state index contributed by atoms with van der Waals surface area (Å²) in [4.78, 5) is 4.34. The molecule has 4 nitrogen and oxygen atoms in total. The van der Waals surface area contributed by atoms with Crippen molar-refractivity contribution in [3.05, 3.63) is 47.6 Å². The van der Waals surface area contributed by atoms with Crippen LogP contribution in [0.4, 0.5) is 0 Å². The lowest BCUT2D eigenvalue weighted by Gasteiger charge is -2.07. The molecule has 2 heterocycles. The van der Waals surface area contributed by atoms with Gasteiger partial charge >= 0.3 is 0 Å². The third-order valence-electron chi connectivity index (χ3n) is 3.20. The second-order valence-electron chi connectivity index (χ2n) is 4.52. The Hall–Kier alpha value is -1.81. The van der Waals surface area contributed by atoms with E-state index in [0.29, 0.717) is 6.54 Å². The minimum absolute atomic E-state index is 0.712. The van der Waals surface area contributed by atoms with E-state index in [0.717, 1.165) is 34.7 Å². The molecule has 2 aromatic heterocycles. The largest absolute Gasteiger partial charge is 0.340 e. The maximum Gasteiger partial charge on any atom is 0.146 e. The number of rotatable bonds is 4. The number of aromatic nitrogens is 4. The molecule has 19 heavy (non-hydrogen) atoms. The van der Waals surface area contributed by atoms with Crippen LogP contribution in [0.1, 0.15) is 19.2 Å². The van der Waals surface area contributed by atoms with Gasteiger partial charge in [0.15, 0.2) is 0 Å². The van der Waals surface area contributed by atoms with Crippen molar-refractivity contribution < 1.29 is 0 Å². The highest BCUT2D eigenvalue weighted by Crippen LogP contribution is 2.24. The van der Waals surface area contributed by atoms with Crippen LogP contribution in [0, 0.1) is 0 Å². The van der Waals surface area contributed by atoms with Gasteiger partial charge in [-0.05, 0) is 24.6 Å². The molecule has 0 atom stereocenters. The van der Waals surface area contributed by atoms with Gasteiger partial charge in [-0.15, -0.1) is 0 Å². The van der Waals surface area contributed by atoms with Gasteiger partial charge in [0.25, 0.3) is 0 Å². The van der Waals surface area contributed by atoms with E-state index in [2.05, 4.69) is 27.6 Å². The second kappa shape index (κ2) is 5.05. The highest BCUT2D eigenvalue weighted by atomic mass is 35.5. The Morgan fingerprint density at radius 2 is 2.16 bits per heavy atom. The zero-order chi connectivity index (χ0) is 13.2. The van der Waals surface area contributed by atoms with Gasteiger partial charge in [0.05, 0.1) is 6.54 Å². The smallest absolute Gasteiger partial charge is 0.146 e. The van der Waals surface area contributed by atoms with Crippen LogP contribution in [0.15, 0.2) is 36.8 Å². The van der Waals surface area contributed by atoms with Crippen molar-refractivity contribution in [2.75, 3.05) is 0 Å². The second-order valence-corrected chi connectivity index (χ2v) is 4.92. The molecule has 0 aliphatic heterocycles. The molecule has 0 aliphatic rings. The molecule has 0 saturated heterocycles. The van der Waals surface area contributed by atoms with E-state index in [1.807, 2.05) is 29.1 Å². The first-order chi connectivity index (χ1) is 9.29. The molecule has 0 unspecified atom stereocenters.